The highest BCUT2D eigenvalue weighted by molar-refractivity contribution is 5.83. The van der Waals surface area contributed by atoms with Crippen LogP contribution in [-0.4, -0.2) is 17.4 Å². The molecule has 0 radical (unpaired) electrons. The van der Waals surface area contributed by atoms with E-state index in [1.54, 1.807) is 0 Å². The third-order valence-corrected chi connectivity index (χ3v) is 1.78. The van der Waals surface area contributed by atoms with Gasteiger partial charge in [-0.3, -0.25) is 9.59 Å². The number of carboxylic acid groups (broad SMARTS) is 1. The van der Waals surface area contributed by atoms with Gasteiger partial charge in [-0.05, 0) is 17.7 Å². The second kappa shape index (κ2) is 3.97. The monoisotopic (exact) mass is 197 g/mol. The Kier molecular flexibility index (Phi) is 2.93. The minimum Gasteiger partial charge on any atom is -0.480 e. The van der Waals surface area contributed by atoms with Crippen molar-refractivity contribution in [2.24, 2.45) is 5.73 Å². The molecule has 0 spiro atoms. The standard InChI is InChI=1S/C9H8FNO3/c10-6-1-2-7(5(3-6)4-12)8(11)9(13)14/h1-4,8H,11H2,(H,13,14). The van der Waals surface area contributed by atoms with Crippen molar-refractivity contribution in [3.8, 4) is 0 Å². The summed E-state index contributed by atoms with van der Waals surface area (Å²) in [6.45, 7) is 0. The predicted octanol–water partition coefficient (Wildman–Crippen LogP) is 0.723. The first-order valence-corrected chi connectivity index (χ1v) is 3.79. The summed E-state index contributed by atoms with van der Waals surface area (Å²) in [6.07, 6.45) is 0.376. The Balaban J connectivity index is 3.20. The fourth-order valence-electron chi connectivity index (χ4n) is 1.06. The van der Waals surface area contributed by atoms with Crippen molar-refractivity contribution >= 4 is 12.3 Å². The highest BCUT2D eigenvalue weighted by Gasteiger charge is 2.17. The van der Waals surface area contributed by atoms with Crippen LogP contribution in [0.1, 0.15) is 22.0 Å². The summed E-state index contributed by atoms with van der Waals surface area (Å²) in [7, 11) is 0. The smallest absolute Gasteiger partial charge is 0.325 e. The molecule has 0 aliphatic carbocycles. The molecule has 0 bridgehead atoms. The summed E-state index contributed by atoms with van der Waals surface area (Å²) < 4.78 is 12.7. The molecule has 1 aromatic carbocycles. The number of nitrogens with two attached hydrogens (primary N) is 1. The van der Waals surface area contributed by atoms with Crippen LogP contribution in [0.4, 0.5) is 4.39 Å². The highest BCUT2D eigenvalue weighted by Crippen LogP contribution is 2.16. The second-order valence-electron chi connectivity index (χ2n) is 2.71. The number of carbonyl (C=O) groups excluding carboxylic acids is 1. The van der Waals surface area contributed by atoms with E-state index in [1.165, 1.54) is 6.07 Å². The zero-order valence-electron chi connectivity index (χ0n) is 7.11. The van der Waals surface area contributed by atoms with Crippen LogP contribution >= 0.6 is 0 Å². The summed E-state index contributed by atoms with van der Waals surface area (Å²) in [5, 5.41) is 8.59. The Morgan fingerprint density at radius 3 is 2.71 bits per heavy atom. The molecule has 5 heteroatoms. The molecule has 0 saturated heterocycles. The lowest BCUT2D eigenvalue weighted by molar-refractivity contribution is -0.138. The van der Waals surface area contributed by atoms with Crippen molar-refractivity contribution < 1.29 is 19.1 Å². The molecule has 3 N–H and O–H groups in total. The lowest BCUT2D eigenvalue weighted by atomic mass is 10.0. The van der Waals surface area contributed by atoms with E-state index < -0.39 is 17.8 Å². The van der Waals surface area contributed by atoms with E-state index in [1.807, 2.05) is 0 Å². The molecule has 1 rings (SSSR count). The van der Waals surface area contributed by atoms with E-state index in [0.29, 0.717) is 6.29 Å². The van der Waals surface area contributed by atoms with Crippen LogP contribution in [0, 0.1) is 5.82 Å². The van der Waals surface area contributed by atoms with Gasteiger partial charge in [0.25, 0.3) is 0 Å². The van der Waals surface area contributed by atoms with E-state index in [-0.39, 0.29) is 11.1 Å². The van der Waals surface area contributed by atoms with Gasteiger partial charge in [0.1, 0.15) is 11.9 Å². The lowest BCUT2D eigenvalue weighted by Crippen LogP contribution is -2.22. The molecule has 0 saturated carbocycles. The van der Waals surface area contributed by atoms with Gasteiger partial charge in [0, 0.05) is 5.56 Å². The van der Waals surface area contributed by atoms with Gasteiger partial charge >= 0.3 is 5.97 Å². The number of hydrogen-bond donors (Lipinski definition) is 2. The van der Waals surface area contributed by atoms with Gasteiger partial charge in [0.15, 0.2) is 6.29 Å². The Labute approximate surface area is 79.1 Å². The average molecular weight is 197 g/mol. The topological polar surface area (TPSA) is 80.4 Å². The molecule has 0 aromatic heterocycles. The first-order valence-electron chi connectivity index (χ1n) is 3.79. The van der Waals surface area contributed by atoms with Gasteiger partial charge in [-0.15, -0.1) is 0 Å². The number of carboxylic acids is 1. The van der Waals surface area contributed by atoms with E-state index in [4.69, 9.17) is 10.8 Å². The van der Waals surface area contributed by atoms with Gasteiger partial charge in [-0.25, -0.2) is 4.39 Å². The lowest BCUT2D eigenvalue weighted by Gasteiger charge is -2.08. The third kappa shape index (κ3) is 1.94. The molecular formula is C9H8FNO3. The van der Waals surface area contributed by atoms with Crippen molar-refractivity contribution in [3.05, 3.63) is 35.1 Å². The number of carbonyl (C=O) groups is 2. The van der Waals surface area contributed by atoms with E-state index in [2.05, 4.69) is 0 Å². The quantitative estimate of drug-likeness (QED) is 0.699. The zero-order chi connectivity index (χ0) is 10.7. The van der Waals surface area contributed by atoms with Gasteiger partial charge in [-0.2, -0.15) is 0 Å². The Bertz CT molecular complexity index is 378. The van der Waals surface area contributed by atoms with Crippen molar-refractivity contribution in [3.63, 3.8) is 0 Å². The van der Waals surface area contributed by atoms with Gasteiger partial charge in [0.2, 0.25) is 0 Å². The number of aldehydes is 1. The van der Waals surface area contributed by atoms with Crippen molar-refractivity contribution in [1.82, 2.24) is 0 Å². The fourth-order valence-corrected chi connectivity index (χ4v) is 1.06. The normalized spacial score (nSPS) is 12.1. The molecule has 0 heterocycles. The maximum Gasteiger partial charge on any atom is 0.325 e. The van der Waals surface area contributed by atoms with Crippen LogP contribution < -0.4 is 5.73 Å². The SMILES string of the molecule is NC(C(=O)O)c1ccc(F)cc1C=O. The maximum atomic E-state index is 12.7. The van der Waals surface area contributed by atoms with Gasteiger partial charge < -0.3 is 10.8 Å². The molecule has 0 aliphatic rings. The Morgan fingerprint density at radius 2 is 2.21 bits per heavy atom. The van der Waals surface area contributed by atoms with E-state index in [9.17, 15) is 14.0 Å². The van der Waals surface area contributed by atoms with E-state index >= 15 is 0 Å². The van der Waals surface area contributed by atoms with E-state index in [0.717, 1.165) is 12.1 Å². The zero-order valence-corrected chi connectivity index (χ0v) is 7.11. The van der Waals surface area contributed by atoms with Crippen LogP contribution in [0.2, 0.25) is 0 Å². The minimum absolute atomic E-state index is 0.0418. The van der Waals surface area contributed by atoms with Gasteiger partial charge in [0.05, 0.1) is 0 Å². The Hall–Kier alpha value is -1.75. The third-order valence-electron chi connectivity index (χ3n) is 1.78. The fraction of sp³-hybridized carbons (Fsp3) is 0.111. The maximum absolute atomic E-state index is 12.7. The Morgan fingerprint density at radius 1 is 1.57 bits per heavy atom. The first-order chi connectivity index (χ1) is 6.56. The summed E-state index contributed by atoms with van der Waals surface area (Å²) >= 11 is 0. The number of aliphatic carboxylic acids is 1. The summed E-state index contributed by atoms with van der Waals surface area (Å²) in [6, 6.07) is 1.89. The molecule has 0 fully saturated rings. The summed E-state index contributed by atoms with van der Waals surface area (Å²) in [4.78, 5) is 21.0. The molecule has 1 aromatic rings. The largest absolute Gasteiger partial charge is 0.480 e. The molecule has 0 aliphatic heterocycles. The van der Waals surface area contributed by atoms with Crippen molar-refractivity contribution in [1.29, 1.82) is 0 Å². The predicted molar refractivity (Wildman–Crippen MR) is 46.4 cm³/mol. The number of halogens is 1. The van der Waals surface area contributed by atoms with Crippen LogP contribution in [0.3, 0.4) is 0 Å². The molecule has 0 amide bonds. The highest BCUT2D eigenvalue weighted by atomic mass is 19.1. The van der Waals surface area contributed by atoms with Crippen LogP contribution in [-0.2, 0) is 4.79 Å². The molecule has 1 unspecified atom stereocenters. The van der Waals surface area contributed by atoms with Crippen LogP contribution in [0.15, 0.2) is 18.2 Å². The minimum atomic E-state index is -1.31. The molecular weight excluding hydrogens is 189 g/mol. The van der Waals surface area contributed by atoms with Crippen molar-refractivity contribution in [2.75, 3.05) is 0 Å². The van der Waals surface area contributed by atoms with Crippen molar-refractivity contribution in [2.45, 2.75) is 6.04 Å². The molecule has 74 valence electrons. The number of hydrogen-bond acceptors (Lipinski definition) is 3. The number of rotatable bonds is 3. The average Bonchev–Trinajstić information content (AvgIpc) is 2.16. The van der Waals surface area contributed by atoms with Gasteiger partial charge in [-0.1, -0.05) is 6.07 Å². The second-order valence-corrected chi connectivity index (χ2v) is 2.71. The molecule has 14 heavy (non-hydrogen) atoms. The van der Waals surface area contributed by atoms with Crippen LogP contribution in [0.5, 0.6) is 0 Å². The molecule has 1 atom stereocenters. The first kappa shape index (κ1) is 10.3. The summed E-state index contributed by atoms with van der Waals surface area (Å²) in [5.41, 5.74) is 5.35. The molecule has 4 nitrogen and oxygen atoms in total. The number of benzene rings is 1. The van der Waals surface area contributed by atoms with Crippen LogP contribution in [0.25, 0.3) is 0 Å². The summed E-state index contributed by atoms with van der Waals surface area (Å²) in [5.74, 6) is -1.87.